The predicted octanol–water partition coefficient (Wildman–Crippen LogP) is 4.96. The van der Waals surface area contributed by atoms with Gasteiger partial charge in [-0.05, 0) is 42.0 Å². The van der Waals surface area contributed by atoms with Gasteiger partial charge in [0, 0.05) is 12.2 Å². The molecule has 2 aromatic rings. The van der Waals surface area contributed by atoms with Crippen molar-refractivity contribution in [3.8, 4) is 11.1 Å². The van der Waals surface area contributed by atoms with Crippen LogP contribution in [0.2, 0.25) is 0 Å². The Morgan fingerprint density at radius 3 is 2.11 bits per heavy atom. The summed E-state index contributed by atoms with van der Waals surface area (Å²) in [5.41, 5.74) is 3.81. The van der Waals surface area contributed by atoms with E-state index in [0.717, 1.165) is 12.5 Å². The number of hydrogen-bond donors (Lipinski definition) is 1. The predicted molar refractivity (Wildman–Crippen MR) is 82.3 cm³/mol. The maximum atomic E-state index is 3.57. The molecular weight excluding hydrogens is 230 g/mol. The second-order valence-corrected chi connectivity index (χ2v) is 5.47. The van der Waals surface area contributed by atoms with Gasteiger partial charge in [0.05, 0.1) is 0 Å². The van der Waals surface area contributed by atoms with Crippen molar-refractivity contribution in [1.82, 2.24) is 0 Å². The lowest BCUT2D eigenvalue weighted by Crippen LogP contribution is -2.10. The van der Waals surface area contributed by atoms with Crippen molar-refractivity contribution in [2.75, 3.05) is 11.9 Å². The molecule has 1 aliphatic carbocycles. The fourth-order valence-electron chi connectivity index (χ4n) is 2.89. The molecule has 1 fully saturated rings. The fourth-order valence-corrected chi connectivity index (χ4v) is 2.89. The molecule has 0 atom stereocenters. The molecule has 0 aromatic heterocycles. The molecule has 0 amide bonds. The number of hydrogen-bond acceptors (Lipinski definition) is 1. The Morgan fingerprint density at radius 2 is 1.42 bits per heavy atom. The van der Waals surface area contributed by atoms with E-state index in [1.54, 1.807) is 0 Å². The van der Waals surface area contributed by atoms with E-state index < -0.39 is 0 Å². The Kier molecular flexibility index (Phi) is 3.83. The van der Waals surface area contributed by atoms with Gasteiger partial charge in [0.15, 0.2) is 0 Å². The molecule has 0 spiro atoms. The van der Waals surface area contributed by atoms with Crippen molar-refractivity contribution in [1.29, 1.82) is 0 Å². The van der Waals surface area contributed by atoms with Crippen molar-refractivity contribution in [2.24, 2.45) is 5.92 Å². The van der Waals surface area contributed by atoms with E-state index in [0.29, 0.717) is 0 Å². The van der Waals surface area contributed by atoms with E-state index in [9.17, 15) is 0 Å². The Labute approximate surface area is 115 Å². The summed E-state index contributed by atoms with van der Waals surface area (Å²) in [6.07, 6.45) is 5.63. The van der Waals surface area contributed by atoms with Gasteiger partial charge in [0.25, 0.3) is 0 Å². The fraction of sp³-hybridized carbons (Fsp3) is 0.333. The number of benzene rings is 2. The average Bonchev–Trinajstić information content (AvgIpc) is 3.00. The van der Waals surface area contributed by atoms with Gasteiger partial charge < -0.3 is 5.32 Å². The summed E-state index contributed by atoms with van der Waals surface area (Å²) in [5, 5.41) is 3.57. The third-order valence-corrected chi connectivity index (χ3v) is 4.06. The lowest BCUT2D eigenvalue weighted by Gasteiger charge is -2.12. The molecule has 3 rings (SSSR count). The molecule has 1 heteroatoms. The van der Waals surface area contributed by atoms with Crippen LogP contribution in [0.25, 0.3) is 11.1 Å². The van der Waals surface area contributed by atoms with Gasteiger partial charge in [0.1, 0.15) is 0 Å². The molecule has 0 heterocycles. The summed E-state index contributed by atoms with van der Waals surface area (Å²) in [6.45, 7) is 1.13. The minimum absolute atomic E-state index is 0.883. The van der Waals surface area contributed by atoms with Gasteiger partial charge in [-0.1, -0.05) is 55.3 Å². The van der Waals surface area contributed by atoms with Crippen LogP contribution in [0.15, 0.2) is 54.6 Å². The van der Waals surface area contributed by atoms with Crippen LogP contribution in [0, 0.1) is 5.92 Å². The Hall–Kier alpha value is -1.76. The smallest absolute Gasteiger partial charge is 0.0340 e. The van der Waals surface area contributed by atoms with Gasteiger partial charge >= 0.3 is 0 Å². The van der Waals surface area contributed by atoms with Gasteiger partial charge in [-0.2, -0.15) is 0 Å². The normalized spacial score (nSPS) is 15.6. The number of anilines is 1. The molecule has 1 nitrogen and oxygen atoms in total. The molecule has 1 aliphatic rings. The third-order valence-electron chi connectivity index (χ3n) is 4.06. The van der Waals surface area contributed by atoms with Crippen LogP contribution in [0.1, 0.15) is 25.7 Å². The van der Waals surface area contributed by atoms with Crippen LogP contribution in [0.3, 0.4) is 0 Å². The van der Waals surface area contributed by atoms with E-state index in [2.05, 4.69) is 59.9 Å². The monoisotopic (exact) mass is 251 g/mol. The molecule has 98 valence electrons. The summed E-state index contributed by atoms with van der Waals surface area (Å²) in [6, 6.07) is 19.3. The summed E-state index contributed by atoms with van der Waals surface area (Å²) in [7, 11) is 0. The van der Waals surface area contributed by atoms with Crippen LogP contribution in [0.5, 0.6) is 0 Å². The van der Waals surface area contributed by atoms with Crippen molar-refractivity contribution >= 4 is 5.69 Å². The van der Waals surface area contributed by atoms with Crippen LogP contribution >= 0.6 is 0 Å². The van der Waals surface area contributed by atoms with E-state index >= 15 is 0 Å². The molecule has 1 N–H and O–H groups in total. The lowest BCUT2D eigenvalue weighted by molar-refractivity contribution is 0.580. The van der Waals surface area contributed by atoms with Crippen LogP contribution in [-0.2, 0) is 0 Å². The molecule has 1 saturated carbocycles. The highest BCUT2D eigenvalue weighted by molar-refractivity contribution is 5.65. The summed E-state index contributed by atoms with van der Waals surface area (Å²) < 4.78 is 0. The Morgan fingerprint density at radius 1 is 0.789 bits per heavy atom. The van der Waals surface area contributed by atoms with Crippen molar-refractivity contribution < 1.29 is 0 Å². The quantitative estimate of drug-likeness (QED) is 0.810. The molecule has 0 bridgehead atoms. The van der Waals surface area contributed by atoms with Crippen molar-refractivity contribution in [3.63, 3.8) is 0 Å². The van der Waals surface area contributed by atoms with Crippen molar-refractivity contribution in [2.45, 2.75) is 25.7 Å². The standard InChI is InChI=1S/C18H21N/c1-2-8-16(9-3-1)17-10-12-18(13-11-17)19-14-15-6-4-5-7-15/h1-3,8-13,15,19H,4-7,14H2. The van der Waals surface area contributed by atoms with Crippen LogP contribution in [-0.4, -0.2) is 6.54 Å². The maximum Gasteiger partial charge on any atom is 0.0340 e. The summed E-state index contributed by atoms with van der Waals surface area (Å²) >= 11 is 0. The number of rotatable bonds is 4. The molecule has 0 aliphatic heterocycles. The van der Waals surface area contributed by atoms with E-state index in [4.69, 9.17) is 0 Å². The zero-order chi connectivity index (χ0) is 12.9. The van der Waals surface area contributed by atoms with Gasteiger partial charge in [0.2, 0.25) is 0 Å². The van der Waals surface area contributed by atoms with E-state index in [1.165, 1.54) is 42.5 Å². The molecular formula is C18H21N. The molecule has 2 aromatic carbocycles. The van der Waals surface area contributed by atoms with Crippen molar-refractivity contribution in [3.05, 3.63) is 54.6 Å². The summed E-state index contributed by atoms with van der Waals surface area (Å²) in [4.78, 5) is 0. The second kappa shape index (κ2) is 5.92. The maximum absolute atomic E-state index is 3.57. The van der Waals surface area contributed by atoms with E-state index in [-0.39, 0.29) is 0 Å². The largest absolute Gasteiger partial charge is 0.385 e. The number of nitrogens with one attached hydrogen (secondary N) is 1. The molecule has 0 saturated heterocycles. The lowest BCUT2D eigenvalue weighted by atomic mass is 10.1. The summed E-state index contributed by atoms with van der Waals surface area (Å²) in [5.74, 6) is 0.883. The minimum atomic E-state index is 0.883. The van der Waals surface area contributed by atoms with Gasteiger partial charge in [-0.15, -0.1) is 0 Å². The first kappa shape index (κ1) is 12.3. The Bertz CT molecular complexity index is 495. The molecule has 0 radical (unpaired) electrons. The SMILES string of the molecule is c1ccc(-c2ccc(NCC3CCCC3)cc2)cc1. The highest BCUT2D eigenvalue weighted by Gasteiger charge is 2.14. The zero-order valence-corrected chi connectivity index (χ0v) is 11.3. The first-order valence-electron chi connectivity index (χ1n) is 7.31. The second-order valence-electron chi connectivity index (χ2n) is 5.47. The van der Waals surface area contributed by atoms with Crippen LogP contribution in [0.4, 0.5) is 5.69 Å². The highest BCUT2D eigenvalue weighted by Crippen LogP contribution is 2.26. The highest BCUT2D eigenvalue weighted by atomic mass is 14.9. The van der Waals surface area contributed by atoms with Gasteiger partial charge in [-0.25, -0.2) is 0 Å². The Balaban J connectivity index is 1.62. The molecule has 19 heavy (non-hydrogen) atoms. The van der Waals surface area contributed by atoms with E-state index in [1.807, 2.05) is 0 Å². The first-order valence-corrected chi connectivity index (χ1v) is 7.31. The minimum Gasteiger partial charge on any atom is -0.385 e. The van der Waals surface area contributed by atoms with Gasteiger partial charge in [-0.3, -0.25) is 0 Å². The first-order chi connectivity index (χ1) is 9.42. The van der Waals surface area contributed by atoms with Crippen LogP contribution < -0.4 is 5.32 Å². The molecule has 0 unspecified atom stereocenters. The third kappa shape index (κ3) is 3.17. The zero-order valence-electron chi connectivity index (χ0n) is 11.3. The topological polar surface area (TPSA) is 12.0 Å². The average molecular weight is 251 g/mol.